The molecule has 37 heavy (non-hydrogen) atoms. The van der Waals surface area contributed by atoms with Crippen LogP contribution >= 0.6 is 0 Å². The van der Waals surface area contributed by atoms with Gasteiger partial charge >= 0.3 is 12.6 Å². The van der Waals surface area contributed by atoms with Crippen molar-refractivity contribution in [2.75, 3.05) is 5.32 Å². The van der Waals surface area contributed by atoms with E-state index < -0.39 is 18.5 Å². The topological polar surface area (TPSA) is 102 Å². The summed E-state index contributed by atoms with van der Waals surface area (Å²) in [7, 11) is 0. The fraction of sp³-hybridized carbons (Fsp3) is 0.333. The average Bonchev–Trinajstić information content (AvgIpc) is 3.44. The maximum Gasteiger partial charge on any atom is 0.387 e. The zero-order valence-electron chi connectivity index (χ0n) is 20.5. The molecule has 0 spiro atoms. The van der Waals surface area contributed by atoms with Crippen LogP contribution in [-0.4, -0.2) is 43.1 Å². The van der Waals surface area contributed by atoms with E-state index in [1.54, 1.807) is 30.6 Å². The van der Waals surface area contributed by atoms with E-state index in [0.717, 1.165) is 46.6 Å². The van der Waals surface area contributed by atoms with E-state index in [2.05, 4.69) is 20.3 Å². The van der Waals surface area contributed by atoms with Crippen molar-refractivity contribution in [2.45, 2.75) is 52.2 Å². The van der Waals surface area contributed by atoms with E-state index in [4.69, 9.17) is 4.74 Å². The highest BCUT2D eigenvalue weighted by atomic mass is 19.3. The molecule has 10 heteroatoms. The number of aliphatic carboxylic acids is 1. The van der Waals surface area contributed by atoms with Gasteiger partial charge in [0, 0.05) is 53.4 Å². The average molecular weight is 508 g/mol. The molecule has 0 amide bonds. The summed E-state index contributed by atoms with van der Waals surface area (Å²) in [4.78, 5) is 25.0. The van der Waals surface area contributed by atoms with E-state index in [0.29, 0.717) is 24.4 Å². The summed E-state index contributed by atoms with van der Waals surface area (Å²) in [6.07, 6.45) is 8.02. The number of ether oxygens (including phenoxy) is 1. The third-order valence-electron chi connectivity index (χ3n) is 6.92. The number of rotatable bonds is 8. The summed E-state index contributed by atoms with van der Waals surface area (Å²) >= 11 is 0. The van der Waals surface area contributed by atoms with Crippen LogP contribution in [0.5, 0.6) is 5.75 Å². The number of carbonyl (C=O) groups is 1. The van der Waals surface area contributed by atoms with Gasteiger partial charge < -0.3 is 19.6 Å². The smallest absolute Gasteiger partial charge is 0.387 e. The molecule has 3 heterocycles. The lowest BCUT2D eigenvalue weighted by Crippen LogP contribution is -2.30. The van der Waals surface area contributed by atoms with Gasteiger partial charge in [-0.15, -0.1) is 0 Å². The van der Waals surface area contributed by atoms with Crippen LogP contribution in [0.2, 0.25) is 0 Å². The first-order chi connectivity index (χ1) is 17.8. The first-order valence-corrected chi connectivity index (χ1v) is 12.1. The molecule has 1 aliphatic carbocycles. The van der Waals surface area contributed by atoms with Crippen molar-refractivity contribution in [3.05, 3.63) is 71.4 Å². The van der Waals surface area contributed by atoms with Crippen molar-refractivity contribution >= 4 is 17.6 Å². The van der Waals surface area contributed by atoms with Crippen molar-refractivity contribution in [2.24, 2.45) is 5.92 Å². The Morgan fingerprint density at radius 1 is 1.22 bits per heavy atom. The number of hydrogen-bond acceptors (Lipinski definition) is 6. The van der Waals surface area contributed by atoms with Gasteiger partial charge in [0.05, 0.1) is 11.6 Å². The number of hydrogen-bond donors (Lipinski definition) is 2. The largest absolute Gasteiger partial charge is 0.481 e. The number of anilines is 1. The molecule has 0 unspecified atom stereocenters. The van der Waals surface area contributed by atoms with Crippen LogP contribution in [0.4, 0.5) is 14.7 Å². The van der Waals surface area contributed by atoms with Crippen LogP contribution in [0.15, 0.2) is 48.9 Å². The van der Waals surface area contributed by atoms with Crippen molar-refractivity contribution in [3.8, 4) is 16.9 Å². The van der Waals surface area contributed by atoms with Gasteiger partial charge in [-0.2, -0.15) is 8.78 Å². The number of benzene rings is 1. The normalized spacial score (nSPS) is 17.4. The first-order valence-electron chi connectivity index (χ1n) is 12.1. The van der Waals surface area contributed by atoms with Crippen LogP contribution in [0.3, 0.4) is 0 Å². The summed E-state index contributed by atoms with van der Waals surface area (Å²) in [6.45, 7) is 0.970. The molecule has 2 atom stereocenters. The summed E-state index contributed by atoms with van der Waals surface area (Å²) in [5.41, 5.74) is 5.73. The monoisotopic (exact) mass is 507 g/mol. The van der Waals surface area contributed by atoms with Gasteiger partial charge in [0.2, 0.25) is 5.95 Å². The second-order valence-corrected chi connectivity index (χ2v) is 9.33. The molecule has 0 aliphatic heterocycles. The molecule has 8 nitrogen and oxygen atoms in total. The molecule has 0 radical (unpaired) electrons. The standard InChI is InChI=1S/C27H27F2N5O3/c1-15-10-24-32-16(2)22(11-17-6-3-4-9-23(17)37-26(28)29)34(24)14-20(15)18-12-30-27(31-13-18)33-21-8-5-7-19(21)25(35)36/h3-4,6,9-10,12-14,19,21,26H,5,7-8,11H2,1-2H3,(H,35,36)(H,30,31,33)/t19-,21+/m1/s1. The van der Waals surface area contributed by atoms with E-state index in [1.807, 2.05) is 30.5 Å². The molecule has 5 rings (SSSR count). The molecule has 4 aromatic rings. The molecular formula is C27H27F2N5O3. The van der Waals surface area contributed by atoms with Gasteiger partial charge in [-0.05, 0) is 44.4 Å². The maximum atomic E-state index is 12.9. The van der Waals surface area contributed by atoms with Crippen molar-refractivity contribution in [1.82, 2.24) is 19.4 Å². The molecule has 1 aromatic carbocycles. The van der Waals surface area contributed by atoms with Crippen molar-refractivity contribution in [1.29, 1.82) is 0 Å². The predicted molar refractivity (Wildman–Crippen MR) is 134 cm³/mol. The lowest BCUT2D eigenvalue weighted by Gasteiger charge is -2.17. The SMILES string of the molecule is Cc1cc2nc(C)c(Cc3ccccc3OC(F)F)n2cc1-c1cnc(N[C@H]2CCC[C@H]2C(=O)O)nc1. The molecule has 2 N–H and O–H groups in total. The molecule has 192 valence electrons. The van der Waals surface area contributed by atoms with Gasteiger partial charge in [-0.3, -0.25) is 4.79 Å². The number of nitrogens with one attached hydrogen (secondary N) is 1. The van der Waals surface area contributed by atoms with Crippen LogP contribution in [-0.2, 0) is 11.2 Å². The third kappa shape index (κ3) is 5.09. The summed E-state index contributed by atoms with van der Waals surface area (Å²) in [5.74, 6) is -0.698. The molecular weight excluding hydrogens is 480 g/mol. The molecule has 0 saturated heterocycles. The molecule has 3 aromatic heterocycles. The Hall–Kier alpha value is -4.08. The van der Waals surface area contributed by atoms with Crippen molar-refractivity contribution < 1.29 is 23.4 Å². The number of aryl methyl sites for hydroxylation is 2. The Morgan fingerprint density at radius 3 is 2.70 bits per heavy atom. The molecule has 1 saturated carbocycles. The van der Waals surface area contributed by atoms with E-state index >= 15 is 0 Å². The van der Waals surface area contributed by atoms with Gasteiger partial charge in [0.25, 0.3) is 0 Å². The fourth-order valence-electron chi connectivity index (χ4n) is 5.04. The highest BCUT2D eigenvalue weighted by Crippen LogP contribution is 2.30. The number of pyridine rings is 1. The number of carboxylic acids is 1. The number of carboxylic acid groups (broad SMARTS) is 1. The Bertz CT molecular complexity index is 1440. The first kappa shape index (κ1) is 24.6. The Balaban J connectivity index is 1.44. The predicted octanol–water partition coefficient (Wildman–Crippen LogP) is 5.27. The number of para-hydroxylation sites is 1. The zero-order valence-corrected chi connectivity index (χ0v) is 20.5. The highest BCUT2D eigenvalue weighted by molar-refractivity contribution is 5.72. The maximum absolute atomic E-state index is 12.9. The number of nitrogens with zero attached hydrogens (tertiary/aromatic N) is 4. The lowest BCUT2D eigenvalue weighted by atomic mass is 10.0. The number of fused-ring (bicyclic) bond motifs is 1. The quantitative estimate of drug-likeness (QED) is 0.335. The van der Waals surface area contributed by atoms with Crippen molar-refractivity contribution in [3.63, 3.8) is 0 Å². The molecule has 1 aliphatic rings. The Labute approximate surface area is 212 Å². The number of imidazole rings is 1. The highest BCUT2D eigenvalue weighted by Gasteiger charge is 2.33. The van der Waals surface area contributed by atoms with Crippen LogP contribution in [0.1, 0.15) is 41.8 Å². The molecule has 0 bridgehead atoms. The summed E-state index contributed by atoms with van der Waals surface area (Å²) < 4.78 is 32.5. The number of alkyl halides is 2. The minimum Gasteiger partial charge on any atom is -0.481 e. The van der Waals surface area contributed by atoms with E-state index in [-0.39, 0.29) is 11.8 Å². The van der Waals surface area contributed by atoms with Crippen LogP contribution in [0.25, 0.3) is 16.8 Å². The lowest BCUT2D eigenvalue weighted by molar-refractivity contribution is -0.141. The zero-order chi connectivity index (χ0) is 26.1. The van der Waals surface area contributed by atoms with E-state index in [9.17, 15) is 18.7 Å². The van der Waals surface area contributed by atoms with Gasteiger partial charge in [0.1, 0.15) is 11.4 Å². The number of aromatic nitrogens is 4. The molecule has 1 fully saturated rings. The third-order valence-corrected chi connectivity index (χ3v) is 6.92. The van der Waals surface area contributed by atoms with Gasteiger partial charge in [-0.1, -0.05) is 24.6 Å². The minimum atomic E-state index is -2.90. The summed E-state index contributed by atoms with van der Waals surface area (Å²) in [5, 5.41) is 12.6. The van der Waals surface area contributed by atoms with Gasteiger partial charge in [0.15, 0.2) is 0 Å². The fourth-order valence-corrected chi connectivity index (χ4v) is 5.04. The Kier molecular flexibility index (Phi) is 6.73. The van der Waals surface area contributed by atoms with Crippen LogP contribution < -0.4 is 10.1 Å². The summed E-state index contributed by atoms with van der Waals surface area (Å²) in [6, 6.07) is 8.54. The second kappa shape index (κ2) is 10.1. The second-order valence-electron chi connectivity index (χ2n) is 9.33. The van der Waals surface area contributed by atoms with Gasteiger partial charge in [-0.25, -0.2) is 15.0 Å². The van der Waals surface area contributed by atoms with Crippen LogP contribution in [0, 0.1) is 19.8 Å². The van der Waals surface area contributed by atoms with E-state index in [1.165, 1.54) is 6.07 Å². The Morgan fingerprint density at radius 2 is 1.97 bits per heavy atom. The number of halogens is 2. The minimum absolute atomic E-state index is 0.142.